The smallest absolute Gasteiger partial charge is 0.176 e. The Morgan fingerprint density at radius 2 is 2.11 bits per heavy atom. The van der Waals surface area contributed by atoms with Crippen LogP contribution in [0.2, 0.25) is 0 Å². The van der Waals surface area contributed by atoms with Gasteiger partial charge >= 0.3 is 0 Å². The second kappa shape index (κ2) is 6.62. The van der Waals surface area contributed by atoms with Crippen molar-refractivity contribution in [3.8, 4) is 5.75 Å². The van der Waals surface area contributed by atoms with Crippen molar-refractivity contribution in [1.82, 2.24) is 5.32 Å². The maximum absolute atomic E-state index is 6.01. The van der Waals surface area contributed by atoms with Crippen molar-refractivity contribution in [2.75, 3.05) is 13.2 Å². The molecule has 1 aromatic carbocycles. The fourth-order valence-corrected chi connectivity index (χ4v) is 2.26. The average molecular weight is 261 g/mol. The molecule has 2 rings (SSSR count). The molecule has 0 aliphatic heterocycles. The lowest BCUT2D eigenvalue weighted by atomic mass is 10.1. The van der Waals surface area contributed by atoms with Crippen molar-refractivity contribution >= 4 is 11.0 Å². The molecule has 0 radical (unpaired) electrons. The Morgan fingerprint density at radius 3 is 2.79 bits per heavy atom. The van der Waals surface area contributed by atoms with E-state index in [1.165, 1.54) is 0 Å². The lowest BCUT2D eigenvalue weighted by molar-refractivity contribution is 0.335. The van der Waals surface area contributed by atoms with Gasteiger partial charge in [-0.2, -0.15) is 0 Å². The normalized spacial score (nSPS) is 12.8. The molecule has 104 valence electrons. The lowest BCUT2D eigenvalue weighted by Gasteiger charge is -2.13. The molecule has 3 nitrogen and oxygen atoms in total. The summed E-state index contributed by atoms with van der Waals surface area (Å²) in [5.74, 6) is 1.83. The summed E-state index contributed by atoms with van der Waals surface area (Å²) >= 11 is 0. The van der Waals surface area contributed by atoms with Crippen LogP contribution in [0.15, 0.2) is 28.7 Å². The van der Waals surface area contributed by atoms with E-state index in [4.69, 9.17) is 9.15 Å². The molecule has 19 heavy (non-hydrogen) atoms. The summed E-state index contributed by atoms with van der Waals surface area (Å²) in [5, 5.41) is 4.62. The summed E-state index contributed by atoms with van der Waals surface area (Å²) < 4.78 is 11.6. The number of rotatable bonds is 7. The third-order valence-electron chi connectivity index (χ3n) is 3.22. The first-order valence-corrected chi connectivity index (χ1v) is 7.18. The molecule has 0 saturated carbocycles. The fraction of sp³-hybridized carbons (Fsp3) is 0.500. The largest absolute Gasteiger partial charge is 0.490 e. The fourth-order valence-electron chi connectivity index (χ4n) is 2.26. The van der Waals surface area contributed by atoms with Gasteiger partial charge in [0.25, 0.3) is 0 Å². The molecule has 0 aliphatic carbocycles. The van der Waals surface area contributed by atoms with Crippen LogP contribution in [0.4, 0.5) is 0 Å². The predicted octanol–water partition coefficient (Wildman–Crippen LogP) is 4.28. The Labute approximate surface area is 114 Å². The number of nitrogens with one attached hydrogen (secondary N) is 1. The second-order valence-corrected chi connectivity index (χ2v) is 4.67. The summed E-state index contributed by atoms with van der Waals surface area (Å²) in [6.07, 6.45) is 2.14. The summed E-state index contributed by atoms with van der Waals surface area (Å²) in [6.45, 7) is 7.99. The summed E-state index contributed by atoms with van der Waals surface area (Å²) in [5.41, 5.74) is 0.857. The van der Waals surface area contributed by atoms with E-state index in [1.54, 1.807) is 0 Å². The minimum atomic E-state index is 0.279. The van der Waals surface area contributed by atoms with Crippen LogP contribution in [-0.2, 0) is 0 Å². The highest BCUT2D eigenvalue weighted by Gasteiger charge is 2.15. The average Bonchev–Trinajstić information content (AvgIpc) is 2.85. The molecule has 0 bridgehead atoms. The number of furan rings is 1. The van der Waals surface area contributed by atoms with E-state index >= 15 is 0 Å². The zero-order chi connectivity index (χ0) is 13.7. The van der Waals surface area contributed by atoms with Gasteiger partial charge in [0.05, 0.1) is 12.6 Å². The third-order valence-corrected chi connectivity index (χ3v) is 3.22. The van der Waals surface area contributed by atoms with E-state index in [9.17, 15) is 0 Å². The van der Waals surface area contributed by atoms with Gasteiger partial charge in [0.15, 0.2) is 11.3 Å². The summed E-state index contributed by atoms with van der Waals surface area (Å²) in [6, 6.07) is 8.43. The molecular formula is C16H23NO2. The van der Waals surface area contributed by atoms with Crippen LogP contribution >= 0.6 is 0 Å². The molecule has 1 heterocycles. The van der Waals surface area contributed by atoms with E-state index in [2.05, 4.69) is 31.3 Å². The van der Waals surface area contributed by atoms with E-state index in [-0.39, 0.29) is 6.04 Å². The molecule has 1 N–H and O–H groups in total. The first-order chi connectivity index (χ1) is 9.30. The van der Waals surface area contributed by atoms with Gasteiger partial charge in [0, 0.05) is 5.39 Å². The Hall–Kier alpha value is -1.48. The quantitative estimate of drug-likeness (QED) is 0.807. The van der Waals surface area contributed by atoms with Crippen LogP contribution in [0.5, 0.6) is 5.75 Å². The van der Waals surface area contributed by atoms with Crippen LogP contribution in [-0.4, -0.2) is 13.2 Å². The zero-order valence-corrected chi connectivity index (χ0v) is 12.0. The molecule has 0 spiro atoms. The Kier molecular flexibility index (Phi) is 4.86. The zero-order valence-electron chi connectivity index (χ0n) is 12.0. The number of fused-ring (bicyclic) bond motifs is 1. The maximum Gasteiger partial charge on any atom is 0.176 e. The first kappa shape index (κ1) is 13.9. The van der Waals surface area contributed by atoms with Crippen LogP contribution in [0.3, 0.4) is 0 Å². The van der Waals surface area contributed by atoms with Crippen LogP contribution in [0.1, 0.15) is 45.4 Å². The first-order valence-electron chi connectivity index (χ1n) is 7.18. The topological polar surface area (TPSA) is 34.4 Å². The lowest BCUT2D eigenvalue weighted by Crippen LogP contribution is -2.20. The second-order valence-electron chi connectivity index (χ2n) is 4.67. The van der Waals surface area contributed by atoms with Crippen LogP contribution in [0, 0.1) is 0 Å². The standard InChI is InChI=1S/C16H23NO2/c1-4-10-17-13(5-2)15-11-12-8-7-9-14(18-6-3)16(12)19-15/h7-9,11,13,17H,4-6,10H2,1-3H3. The SMILES string of the molecule is CCCNC(CC)c1cc2cccc(OCC)c2o1. The Morgan fingerprint density at radius 1 is 1.26 bits per heavy atom. The van der Waals surface area contributed by atoms with Gasteiger partial charge in [-0.1, -0.05) is 26.0 Å². The molecule has 2 aromatic rings. The Balaban J connectivity index is 2.31. The number of hydrogen-bond donors (Lipinski definition) is 1. The molecular weight excluding hydrogens is 238 g/mol. The van der Waals surface area contributed by atoms with Crippen molar-refractivity contribution in [1.29, 1.82) is 0 Å². The van der Waals surface area contributed by atoms with Crippen molar-refractivity contribution in [2.45, 2.75) is 39.7 Å². The molecule has 0 fully saturated rings. The highest BCUT2D eigenvalue weighted by Crippen LogP contribution is 2.31. The van der Waals surface area contributed by atoms with Gasteiger partial charge in [-0.15, -0.1) is 0 Å². The van der Waals surface area contributed by atoms with Gasteiger partial charge in [-0.3, -0.25) is 0 Å². The van der Waals surface area contributed by atoms with Gasteiger partial charge in [-0.25, -0.2) is 0 Å². The van der Waals surface area contributed by atoms with Crippen molar-refractivity contribution in [2.24, 2.45) is 0 Å². The highest BCUT2D eigenvalue weighted by molar-refractivity contribution is 5.83. The van der Waals surface area contributed by atoms with Crippen LogP contribution < -0.4 is 10.1 Å². The number of benzene rings is 1. The number of para-hydroxylation sites is 1. The van der Waals surface area contributed by atoms with Gasteiger partial charge in [0.2, 0.25) is 0 Å². The highest BCUT2D eigenvalue weighted by atomic mass is 16.5. The van der Waals surface area contributed by atoms with E-state index in [0.29, 0.717) is 6.61 Å². The van der Waals surface area contributed by atoms with Gasteiger partial charge in [0.1, 0.15) is 5.76 Å². The molecule has 3 heteroatoms. The van der Waals surface area contributed by atoms with Crippen molar-refractivity contribution in [3.05, 3.63) is 30.0 Å². The molecule has 1 aromatic heterocycles. The summed E-state index contributed by atoms with van der Waals surface area (Å²) in [7, 11) is 0. The van der Waals surface area contributed by atoms with Gasteiger partial charge in [-0.05, 0) is 38.4 Å². The minimum absolute atomic E-state index is 0.279. The minimum Gasteiger partial charge on any atom is -0.490 e. The predicted molar refractivity (Wildman–Crippen MR) is 78.7 cm³/mol. The number of hydrogen-bond acceptors (Lipinski definition) is 3. The summed E-state index contributed by atoms with van der Waals surface area (Å²) in [4.78, 5) is 0. The molecule has 0 aliphatic rings. The van der Waals surface area contributed by atoms with Crippen LogP contribution in [0.25, 0.3) is 11.0 Å². The molecule has 0 amide bonds. The molecule has 1 atom stereocenters. The van der Waals surface area contributed by atoms with Gasteiger partial charge < -0.3 is 14.5 Å². The monoisotopic (exact) mass is 261 g/mol. The van der Waals surface area contributed by atoms with E-state index < -0.39 is 0 Å². The maximum atomic E-state index is 6.01. The van der Waals surface area contributed by atoms with E-state index in [0.717, 1.165) is 41.9 Å². The van der Waals surface area contributed by atoms with Crippen molar-refractivity contribution < 1.29 is 9.15 Å². The van der Waals surface area contributed by atoms with E-state index in [1.807, 2.05) is 19.1 Å². The van der Waals surface area contributed by atoms with Crippen molar-refractivity contribution in [3.63, 3.8) is 0 Å². The number of ether oxygens (including phenoxy) is 1. The molecule has 0 saturated heterocycles. The third kappa shape index (κ3) is 3.10. The molecule has 1 unspecified atom stereocenters. The Bertz CT molecular complexity index is 518.